The second-order valence-corrected chi connectivity index (χ2v) is 11.6. The summed E-state index contributed by atoms with van der Waals surface area (Å²) in [5, 5.41) is 0. The third kappa shape index (κ3) is 4.01. The van der Waals surface area contributed by atoms with Gasteiger partial charge in [-0.25, -0.2) is 12.7 Å². The maximum Gasteiger partial charge on any atom is 0.261 e. The Kier molecular flexibility index (Phi) is 5.36. The van der Waals surface area contributed by atoms with E-state index >= 15 is 0 Å². The van der Waals surface area contributed by atoms with Gasteiger partial charge in [-0.1, -0.05) is 13.8 Å². The summed E-state index contributed by atoms with van der Waals surface area (Å²) in [6.45, 7) is 6.41. The van der Waals surface area contributed by atoms with Gasteiger partial charge in [0.1, 0.15) is 0 Å². The van der Waals surface area contributed by atoms with Gasteiger partial charge < -0.3 is 0 Å². The number of carbonyl (C=O) groups is 2. The number of hydrogen-bond acceptors (Lipinski definition) is 6. The molecule has 1 aliphatic carbocycles. The van der Waals surface area contributed by atoms with Crippen molar-refractivity contribution in [2.75, 3.05) is 13.1 Å². The minimum absolute atomic E-state index is 0.0755. The van der Waals surface area contributed by atoms with Crippen LogP contribution in [0.2, 0.25) is 0 Å². The van der Waals surface area contributed by atoms with Crippen LogP contribution in [0, 0.1) is 11.8 Å². The van der Waals surface area contributed by atoms with E-state index < -0.39 is 9.05 Å². The summed E-state index contributed by atoms with van der Waals surface area (Å²) in [4.78, 5) is 26.6. The van der Waals surface area contributed by atoms with Gasteiger partial charge >= 0.3 is 0 Å². The highest BCUT2D eigenvalue weighted by Gasteiger charge is 2.31. The lowest BCUT2D eigenvalue weighted by Crippen LogP contribution is -2.33. The second kappa shape index (κ2) is 7.54. The summed E-state index contributed by atoms with van der Waals surface area (Å²) >= 11 is 1.59. The van der Waals surface area contributed by atoms with Crippen molar-refractivity contribution in [1.82, 2.24) is 4.31 Å². The van der Waals surface area contributed by atoms with Gasteiger partial charge in [-0.3, -0.25) is 9.59 Å². The highest BCUT2D eigenvalue weighted by atomic mass is 35.7. The van der Waals surface area contributed by atoms with Crippen molar-refractivity contribution in [1.29, 1.82) is 0 Å². The zero-order valence-corrected chi connectivity index (χ0v) is 18.4. The first-order chi connectivity index (χ1) is 13.6. The lowest BCUT2D eigenvalue weighted by atomic mass is 9.84. The fourth-order valence-corrected chi connectivity index (χ4v) is 6.18. The zero-order chi connectivity index (χ0) is 20.9. The topological polar surface area (TPSA) is 71.5 Å². The summed E-state index contributed by atoms with van der Waals surface area (Å²) in [7, 11) is 1.42. The molecule has 1 fully saturated rings. The Morgan fingerprint density at radius 3 is 2.07 bits per heavy atom. The SMILES string of the molecule is C[C@@H]1C[C@H](C)CN(Sc2ccc3c(c2)C(=O)c2cc(S(=O)(=O)Cl)ccc2C3=O)C1. The lowest BCUT2D eigenvalue weighted by molar-refractivity contribution is 0.0978. The van der Waals surface area contributed by atoms with Gasteiger partial charge in [-0.2, -0.15) is 0 Å². The molecule has 2 atom stereocenters. The maximum atomic E-state index is 13.1. The molecular formula is C21H20ClNO4S2. The van der Waals surface area contributed by atoms with Gasteiger partial charge in [0, 0.05) is 50.9 Å². The van der Waals surface area contributed by atoms with Gasteiger partial charge in [-0.15, -0.1) is 0 Å². The number of hydrogen-bond donors (Lipinski definition) is 0. The number of halogens is 1. The van der Waals surface area contributed by atoms with Gasteiger partial charge in [-0.05, 0) is 66.6 Å². The summed E-state index contributed by atoms with van der Waals surface area (Å²) in [5.74, 6) is 0.564. The Balaban J connectivity index is 1.68. The van der Waals surface area contributed by atoms with Crippen LogP contribution in [0.5, 0.6) is 0 Å². The first-order valence-electron chi connectivity index (χ1n) is 9.38. The number of fused-ring (bicyclic) bond motifs is 2. The van der Waals surface area contributed by atoms with Crippen LogP contribution < -0.4 is 0 Å². The van der Waals surface area contributed by atoms with Crippen molar-refractivity contribution in [2.24, 2.45) is 11.8 Å². The van der Waals surface area contributed by atoms with Gasteiger partial charge in [0.05, 0.1) is 4.90 Å². The molecule has 29 heavy (non-hydrogen) atoms. The molecule has 0 bridgehead atoms. The average Bonchev–Trinajstić information content (AvgIpc) is 2.64. The molecule has 2 aromatic carbocycles. The number of rotatable bonds is 3. The van der Waals surface area contributed by atoms with Crippen LogP contribution in [0.1, 0.15) is 52.1 Å². The van der Waals surface area contributed by atoms with Crippen LogP contribution in [0.4, 0.5) is 0 Å². The summed E-state index contributed by atoms with van der Waals surface area (Å²) in [6, 6.07) is 9.07. The van der Waals surface area contributed by atoms with E-state index in [0.29, 0.717) is 23.0 Å². The predicted molar refractivity (Wildman–Crippen MR) is 113 cm³/mol. The lowest BCUT2D eigenvalue weighted by Gasteiger charge is -2.34. The second-order valence-electron chi connectivity index (χ2n) is 7.90. The minimum atomic E-state index is -3.99. The monoisotopic (exact) mass is 449 g/mol. The molecule has 0 N–H and O–H groups in total. The molecule has 1 saturated heterocycles. The van der Waals surface area contributed by atoms with E-state index in [1.54, 1.807) is 24.1 Å². The number of ketones is 2. The van der Waals surface area contributed by atoms with E-state index in [4.69, 9.17) is 10.7 Å². The molecule has 5 nitrogen and oxygen atoms in total. The summed E-state index contributed by atoms with van der Waals surface area (Å²) in [6.07, 6.45) is 1.21. The van der Waals surface area contributed by atoms with E-state index in [-0.39, 0.29) is 27.6 Å². The van der Waals surface area contributed by atoms with Crippen LogP contribution in [0.3, 0.4) is 0 Å². The molecule has 0 radical (unpaired) electrons. The Bertz CT molecular complexity index is 1120. The van der Waals surface area contributed by atoms with Gasteiger partial charge in [0.15, 0.2) is 11.6 Å². The molecule has 152 valence electrons. The number of piperidine rings is 1. The third-order valence-corrected chi connectivity index (χ3v) is 7.68. The first-order valence-corrected chi connectivity index (χ1v) is 12.5. The van der Waals surface area contributed by atoms with Crippen LogP contribution in [-0.2, 0) is 9.05 Å². The highest BCUT2D eigenvalue weighted by molar-refractivity contribution is 8.13. The summed E-state index contributed by atoms with van der Waals surface area (Å²) < 4.78 is 25.6. The first kappa shape index (κ1) is 20.6. The maximum absolute atomic E-state index is 13.1. The van der Waals surface area contributed by atoms with Gasteiger partial charge in [0.2, 0.25) is 0 Å². The zero-order valence-electron chi connectivity index (χ0n) is 16.0. The Morgan fingerprint density at radius 1 is 0.897 bits per heavy atom. The molecule has 0 aromatic heterocycles. The Labute approximate surface area is 179 Å². The smallest absolute Gasteiger partial charge is 0.261 e. The number of benzene rings is 2. The third-order valence-electron chi connectivity index (χ3n) is 5.31. The molecule has 1 heterocycles. The standard InChI is InChI=1S/C21H20ClNO4S2/c1-12-7-13(2)11-23(10-12)28-14-3-5-16-18(8-14)21(25)19-9-15(29(22,26)27)4-6-17(19)20(16)24/h3-6,8-9,12-13H,7,10-11H2,1-2H3/t12-,13+. The molecule has 1 aliphatic heterocycles. The number of nitrogens with zero attached hydrogens (tertiary/aromatic N) is 1. The minimum Gasteiger partial charge on any atom is -0.289 e. The van der Waals surface area contributed by atoms with Crippen LogP contribution in [-0.4, -0.2) is 37.4 Å². The molecule has 0 amide bonds. The molecule has 0 spiro atoms. The fraction of sp³-hybridized carbons (Fsp3) is 0.333. The average molecular weight is 450 g/mol. The Morgan fingerprint density at radius 2 is 1.45 bits per heavy atom. The van der Waals surface area contributed by atoms with Crippen molar-refractivity contribution >= 4 is 43.2 Å². The molecule has 2 aromatic rings. The highest BCUT2D eigenvalue weighted by Crippen LogP contribution is 2.35. The summed E-state index contributed by atoms with van der Waals surface area (Å²) in [5.41, 5.74) is 0.917. The van der Waals surface area contributed by atoms with E-state index in [0.717, 1.165) is 18.0 Å². The molecule has 8 heteroatoms. The van der Waals surface area contributed by atoms with Gasteiger partial charge in [0.25, 0.3) is 9.05 Å². The van der Waals surface area contributed by atoms with Crippen molar-refractivity contribution < 1.29 is 18.0 Å². The normalized spacial score (nSPS) is 22.3. The fourth-order valence-electron chi connectivity index (χ4n) is 4.15. The van der Waals surface area contributed by atoms with E-state index in [2.05, 4.69) is 18.2 Å². The quantitative estimate of drug-likeness (QED) is 0.436. The van der Waals surface area contributed by atoms with E-state index in [1.807, 2.05) is 6.07 Å². The molecule has 0 saturated carbocycles. The predicted octanol–water partition coefficient (Wildman–Crippen LogP) is 4.37. The number of carbonyl (C=O) groups excluding carboxylic acids is 2. The van der Waals surface area contributed by atoms with Crippen LogP contribution in [0.15, 0.2) is 46.2 Å². The van der Waals surface area contributed by atoms with Crippen LogP contribution in [0.25, 0.3) is 0 Å². The largest absolute Gasteiger partial charge is 0.289 e. The van der Waals surface area contributed by atoms with Crippen molar-refractivity contribution in [3.8, 4) is 0 Å². The Hall–Kier alpha value is -1.67. The molecule has 2 aliphatic rings. The molecular weight excluding hydrogens is 430 g/mol. The van der Waals surface area contributed by atoms with Crippen LogP contribution >= 0.6 is 22.6 Å². The van der Waals surface area contributed by atoms with Crippen molar-refractivity contribution in [2.45, 2.75) is 30.1 Å². The van der Waals surface area contributed by atoms with E-state index in [9.17, 15) is 18.0 Å². The molecule has 4 rings (SSSR count). The molecule has 0 unspecified atom stereocenters. The van der Waals surface area contributed by atoms with E-state index in [1.165, 1.54) is 24.6 Å². The van der Waals surface area contributed by atoms with Crippen molar-refractivity contribution in [3.05, 3.63) is 58.7 Å². The van der Waals surface area contributed by atoms with Crippen molar-refractivity contribution in [3.63, 3.8) is 0 Å².